The molecule has 0 aliphatic carbocycles. The number of hydrogen-bond donors (Lipinski definition) is 1. The molecule has 0 aliphatic heterocycles. The van der Waals surface area contributed by atoms with Crippen LogP contribution in [0.15, 0.2) is 24.5 Å². The second kappa shape index (κ2) is 14.9. The quantitative estimate of drug-likeness (QED) is 0.300. The van der Waals surface area contributed by atoms with Gasteiger partial charge in [0.25, 0.3) is 5.91 Å². The van der Waals surface area contributed by atoms with Gasteiger partial charge in [0.2, 0.25) is 0 Å². The van der Waals surface area contributed by atoms with E-state index >= 15 is 0 Å². The van der Waals surface area contributed by atoms with E-state index in [4.69, 9.17) is 0 Å². The van der Waals surface area contributed by atoms with Crippen LogP contribution >= 0.6 is 0 Å². The SMILES string of the molecule is CCCCCCCCCCCCNC(=O)c1ccc[n+](C)c1.[I-]. The fourth-order valence-electron chi connectivity index (χ4n) is 2.64. The van der Waals surface area contributed by atoms with Crippen molar-refractivity contribution in [2.45, 2.75) is 71.1 Å². The standard InChI is InChI=1S/C19H32N2O.HI/c1-3-4-5-6-7-8-9-10-11-12-15-20-19(22)18-14-13-16-21(2)17-18;/h13-14,16-17H,3-12,15H2,1-2H3;1H. The van der Waals surface area contributed by atoms with Crippen LogP contribution in [-0.2, 0) is 7.05 Å². The zero-order valence-electron chi connectivity index (χ0n) is 14.8. The normalized spacial score (nSPS) is 10.2. The topological polar surface area (TPSA) is 33.0 Å². The first-order valence-electron chi connectivity index (χ1n) is 8.97. The van der Waals surface area contributed by atoms with Crippen LogP contribution in [0.2, 0.25) is 0 Å². The smallest absolute Gasteiger partial charge is 0.257 e. The highest BCUT2D eigenvalue weighted by Gasteiger charge is 2.07. The molecule has 0 spiro atoms. The predicted octanol–water partition coefficient (Wildman–Crippen LogP) is 1.17. The first-order valence-corrected chi connectivity index (χ1v) is 8.97. The van der Waals surface area contributed by atoms with E-state index in [2.05, 4.69) is 12.2 Å². The molecule has 0 aliphatic rings. The van der Waals surface area contributed by atoms with Crippen LogP contribution in [0.3, 0.4) is 0 Å². The van der Waals surface area contributed by atoms with Gasteiger partial charge in [0, 0.05) is 12.6 Å². The Bertz CT molecular complexity index is 424. The number of unbranched alkanes of at least 4 members (excludes halogenated alkanes) is 9. The van der Waals surface area contributed by atoms with E-state index in [1.807, 2.05) is 36.1 Å². The minimum Gasteiger partial charge on any atom is -1.00 e. The maximum atomic E-state index is 11.9. The summed E-state index contributed by atoms with van der Waals surface area (Å²) in [6.45, 7) is 3.05. The third kappa shape index (κ3) is 11.5. The number of halogens is 1. The van der Waals surface area contributed by atoms with Crippen molar-refractivity contribution in [2.24, 2.45) is 7.05 Å². The Morgan fingerprint density at radius 2 is 1.57 bits per heavy atom. The van der Waals surface area contributed by atoms with E-state index < -0.39 is 0 Å². The summed E-state index contributed by atoms with van der Waals surface area (Å²) >= 11 is 0. The van der Waals surface area contributed by atoms with Gasteiger partial charge in [-0.3, -0.25) is 4.79 Å². The highest BCUT2D eigenvalue weighted by Crippen LogP contribution is 2.10. The lowest BCUT2D eigenvalue weighted by Crippen LogP contribution is -3.00. The third-order valence-corrected chi connectivity index (χ3v) is 4.02. The molecule has 1 heterocycles. The van der Waals surface area contributed by atoms with Crippen LogP contribution in [0.25, 0.3) is 0 Å². The zero-order valence-corrected chi connectivity index (χ0v) is 17.0. The van der Waals surface area contributed by atoms with Gasteiger partial charge in [-0.25, -0.2) is 4.57 Å². The van der Waals surface area contributed by atoms with Gasteiger partial charge in [0.1, 0.15) is 12.6 Å². The summed E-state index contributed by atoms with van der Waals surface area (Å²) in [4.78, 5) is 11.9. The Morgan fingerprint density at radius 1 is 1.00 bits per heavy atom. The van der Waals surface area contributed by atoms with Crippen molar-refractivity contribution >= 4 is 5.91 Å². The number of carbonyl (C=O) groups excluding carboxylic acids is 1. The highest BCUT2D eigenvalue weighted by molar-refractivity contribution is 5.93. The van der Waals surface area contributed by atoms with E-state index in [9.17, 15) is 4.79 Å². The number of carbonyl (C=O) groups is 1. The molecule has 0 aromatic carbocycles. The number of amides is 1. The number of aromatic nitrogens is 1. The monoisotopic (exact) mass is 432 g/mol. The Morgan fingerprint density at radius 3 is 2.13 bits per heavy atom. The van der Waals surface area contributed by atoms with Gasteiger partial charge in [0.15, 0.2) is 12.4 Å². The molecule has 23 heavy (non-hydrogen) atoms. The van der Waals surface area contributed by atoms with Crippen molar-refractivity contribution in [1.29, 1.82) is 0 Å². The van der Waals surface area contributed by atoms with Gasteiger partial charge >= 0.3 is 0 Å². The first kappa shape index (κ1) is 22.4. The lowest BCUT2D eigenvalue weighted by atomic mass is 10.1. The Hall–Kier alpha value is -0.650. The molecule has 0 bridgehead atoms. The first-order chi connectivity index (χ1) is 10.7. The maximum absolute atomic E-state index is 11.9. The molecule has 4 heteroatoms. The Balaban J connectivity index is 0.00000484. The molecule has 0 radical (unpaired) electrons. The lowest BCUT2D eigenvalue weighted by Gasteiger charge is -2.05. The second-order valence-corrected chi connectivity index (χ2v) is 6.20. The van der Waals surface area contributed by atoms with E-state index in [1.165, 1.54) is 57.8 Å². The molecule has 0 atom stereocenters. The molecule has 0 saturated heterocycles. The average Bonchev–Trinajstić information content (AvgIpc) is 2.52. The summed E-state index contributed by atoms with van der Waals surface area (Å²) in [6.07, 6.45) is 17.0. The van der Waals surface area contributed by atoms with Crippen molar-refractivity contribution in [3.63, 3.8) is 0 Å². The largest absolute Gasteiger partial charge is 1.00 e. The summed E-state index contributed by atoms with van der Waals surface area (Å²) in [5.41, 5.74) is 0.733. The molecule has 0 saturated carbocycles. The molecule has 1 rings (SSSR count). The van der Waals surface area contributed by atoms with Crippen molar-refractivity contribution in [3.8, 4) is 0 Å². The molecule has 1 aromatic heterocycles. The number of nitrogens with one attached hydrogen (secondary N) is 1. The molecule has 1 N–H and O–H groups in total. The van der Waals surface area contributed by atoms with Gasteiger partial charge in [-0.05, 0) is 12.5 Å². The van der Waals surface area contributed by atoms with Crippen LogP contribution in [0.5, 0.6) is 0 Å². The molecule has 0 fully saturated rings. The predicted molar refractivity (Wildman–Crippen MR) is 91.8 cm³/mol. The summed E-state index contributed by atoms with van der Waals surface area (Å²) in [7, 11) is 1.93. The number of aryl methyl sites for hydroxylation is 1. The van der Waals surface area contributed by atoms with Crippen molar-refractivity contribution in [1.82, 2.24) is 5.32 Å². The summed E-state index contributed by atoms with van der Waals surface area (Å²) in [6, 6.07) is 3.75. The van der Waals surface area contributed by atoms with Crippen LogP contribution in [0.4, 0.5) is 0 Å². The fraction of sp³-hybridized carbons (Fsp3) is 0.684. The molecule has 3 nitrogen and oxygen atoms in total. The van der Waals surface area contributed by atoms with Gasteiger partial charge < -0.3 is 29.3 Å². The van der Waals surface area contributed by atoms with Crippen LogP contribution in [0, 0.1) is 0 Å². The summed E-state index contributed by atoms with van der Waals surface area (Å²) in [5, 5.41) is 3.00. The minimum absolute atomic E-state index is 0. The van der Waals surface area contributed by atoms with Gasteiger partial charge in [-0.1, -0.05) is 64.7 Å². The number of pyridine rings is 1. The summed E-state index contributed by atoms with van der Waals surface area (Å²) < 4.78 is 1.90. The molecular formula is C19H33IN2O. The van der Waals surface area contributed by atoms with E-state index in [0.29, 0.717) is 0 Å². The number of hydrogen-bond acceptors (Lipinski definition) is 1. The van der Waals surface area contributed by atoms with Crippen LogP contribution in [-0.4, -0.2) is 12.5 Å². The van der Waals surface area contributed by atoms with Crippen molar-refractivity contribution < 1.29 is 33.3 Å². The van der Waals surface area contributed by atoms with Crippen LogP contribution in [0.1, 0.15) is 81.5 Å². The Labute approximate surface area is 159 Å². The van der Waals surface area contributed by atoms with E-state index in [1.54, 1.807) is 0 Å². The van der Waals surface area contributed by atoms with Crippen molar-refractivity contribution in [2.75, 3.05) is 6.54 Å². The van der Waals surface area contributed by atoms with Gasteiger partial charge in [-0.15, -0.1) is 0 Å². The molecule has 1 amide bonds. The molecule has 0 unspecified atom stereocenters. The molecule has 132 valence electrons. The number of nitrogens with zero attached hydrogens (tertiary/aromatic N) is 1. The van der Waals surface area contributed by atoms with Gasteiger partial charge in [0.05, 0.1) is 0 Å². The second-order valence-electron chi connectivity index (χ2n) is 6.20. The molecular weight excluding hydrogens is 399 g/mol. The average molecular weight is 432 g/mol. The lowest BCUT2D eigenvalue weighted by molar-refractivity contribution is -0.671. The zero-order chi connectivity index (χ0) is 16.0. The number of rotatable bonds is 12. The fourth-order valence-corrected chi connectivity index (χ4v) is 2.64. The van der Waals surface area contributed by atoms with E-state index in [-0.39, 0.29) is 29.9 Å². The third-order valence-electron chi connectivity index (χ3n) is 4.02. The van der Waals surface area contributed by atoms with Crippen LogP contribution < -0.4 is 33.9 Å². The van der Waals surface area contributed by atoms with Crippen molar-refractivity contribution in [3.05, 3.63) is 30.1 Å². The Kier molecular flexibility index (Phi) is 14.5. The van der Waals surface area contributed by atoms with E-state index in [0.717, 1.165) is 18.5 Å². The summed E-state index contributed by atoms with van der Waals surface area (Å²) in [5.74, 6) is 0.0344. The minimum atomic E-state index is 0. The maximum Gasteiger partial charge on any atom is 0.257 e. The van der Waals surface area contributed by atoms with Gasteiger partial charge in [-0.2, -0.15) is 0 Å². The molecule has 1 aromatic rings. The highest BCUT2D eigenvalue weighted by atomic mass is 127.